The first-order valence-corrected chi connectivity index (χ1v) is 9.88. The first-order valence-electron chi connectivity index (χ1n) is 9.88. The highest BCUT2D eigenvalue weighted by molar-refractivity contribution is 6.04. The summed E-state index contributed by atoms with van der Waals surface area (Å²) in [5.74, 6) is -0.423. The Morgan fingerprint density at radius 1 is 0.667 bits per heavy atom. The molecule has 0 fully saturated rings. The molecule has 0 radical (unpaired) electrons. The van der Waals surface area contributed by atoms with Crippen molar-refractivity contribution in [1.82, 2.24) is 4.98 Å². The van der Waals surface area contributed by atoms with Gasteiger partial charge in [0.25, 0.3) is 0 Å². The first-order chi connectivity index (χ1) is 14.8. The van der Waals surface area contributed by atoms with Crippen molar-refractivity contribution in [3.63, 3.8) is 0 Å². The number of carbonyl (C=O) groups excluding carboxylic acids is 1. The number of nitrogens with zero attached hydrogens (tertiary/aromatic N) is 1. The van der Waals surface area contributed by atoms with E-state index in [1.54, 1.807) is 6.07 Å². The summed E-state index contributed by atoms with van der Waals surface area (Å²) < 4.78 is 5.48. The van der Waals surface area contributed by atoms with E-state index in [-0.39, 0.29) is 6.61 Å². The Labute approximate surface area is 174 Å². The molecule has 0 aliphatic carbocycles. The van der Waals surface area contributed by atoms with E-state index in [9.17, 15) is 4.79 Å². The third-order valence-corrected chi connectivity index (χ3v) is 5.22. The van der Waals surface area contributed by atoms with Crippen molar-refractivity contribution in [2.75, 3.05) is 0 Å². The molecule has 0 aliphatic heterocycles. The number of aromatic nitrogens is 1. The zero-order valence-corrected chi connectivity index (χ0v) is 16.3. The van der Waals surface area contributed by atoms with Gasteiger partial charge in [0.05, 0.1) is 5.52 Å². The number of fused-ring (bicyclic) bond motifs is 2. The van der Waals surface area contributed by atoms with E-state index in [0.717, 1.165) is 33.0 Å². The number of para-hydroxylation sites is 1. The predicted molar refractivity (Wildman–Crippen MR) is 120 cm³/mol. The molecule has 0 unspecified atom stereocenters. The lowest BCUT2D eigenvalue weighted by Gasteiger charge is -2.11. The lowest BCUT2D eigenvalue weighted by Crippen LogP contribution is -2.07. The highest BCUT2D eigenvalue weighted by Gasteiger charge is 2.13. The number of ether oxygens (including phenoxy) is 1. The van der Waals surface area contributed by atoms with Crippen molar-refractivity contribution in [3.8, 4) is 11.1 Å². The lowest BCUT2D eigenvalue weighted by molar-refractivity contribution is 0.0466. The molecular formula is C27H19NO2. The second-order valence-electron chi connectivity index (χ2n) is 7.16. The van der Waals surface area contributed by atoms with Gasteiger partial charge in [-0.25, -0.2) is 9.78 Å². The summed E-state index contributed by atoms with van der Waals surface area (Å²) in [5, 5.41) is 3.32. The number of benzene rings is 4. The van der Waals surface area contributed by atoms with Crippen LogP contribution in [0.4, 0.5) is 0 Å². The SMILES string of the molecule is O=C(OCc1ccccc1)c1ccc2cccc(-c3cccc4ccccc34)c2n1. The van der Waals surface area contributed by atoms with E-state index < -0.39 is 5.97 Å². The van der Waals surface area contributed by atoms with Crippen LogP contribution in [0.1, 0.15) is 16.1 Å². The maximum absolute atomic E-state index is 12.6. The Balaban J connectivity index is 1.55. The average molecular weight is 389 g/mol. The van der Waals surface area contributed by atoms with Crippen molar-refractivity contribution in [2.24, 2.45) is 0 Å². The fraction of sp³-hybridized carbons (Fsp3) is 0.0370. The molecule has 0 saturated heterocycles. The van der Waals surface area contributed by atoms with Gasteiger partial charge >= 0.3 is 5.97 Å². The zero-order valence-electron chi connectivity index (χ0n) is 16.3. The topological polar surface area (TPSA) is 39.2 Å². The number of carbonyl (C=O) groups is 1. The van der Waals surface area contributed by atoms with E-state index in [0.29, 0.717) is 5.69 Å². The quantitative estimate of drug-likeness (QED) is 0.333. The molecule has 1 aromatic heterocycles. The second-order valence-corrected chi connectivity index (χ2v) is 7.16. The maximum Gasteiger partial charge on any atom is 0.357 e. The molecule has 5 rings (SSSR count). The van der Waals surface area contributed by atoms with Crippen molar-refractivity contribution in [1.29, 1.82) is 0 Å². The molecule has 3 heteroatoms. The van der Waals surface area contributed by atoms with E-state index in [1.807, 2.05) is 60.7 Å². The predicted octanol–water partition coefficient (Wildman–Crippen LogP) is 6.41. The third-order valence-electron chi connectivity index (χ3n) is 5.22. The largest absolute Gasteiger partial charge is 0.456 e. The number of hydrogen-bond donors (Lipinski definition) is 0. The van der Waals surface area contributed by atoms with Crippen molar-refractivity contribution >= 4 is 27.6 Å². The van der Waals surface area contributed by atoms with Gasteiger partial charge < -0.3 is 4.74 Å². The van der Waals surface area contributed by atoms with Gasteiger partial charge in [-0.05, 0) is 28.0 Å². The van der Waals surface area contributed by atoms with Gasteiger partial charge in [0, 0.05) is 10.9 Å². The van der Waals surface area contributed by atoms with Gasteiger partial charge in [0.1, 0.15) is 12.3 Å². The molecule has 5 aromatic rings. The molecule has 0 aliphatic rings. The standard InChI is InChI=1S/C27H19NO2/c29-27(30-18-19-8-2-1-3-9-19)25-17-16-21-12-7-15-24(26(21)28-25)23-14-6-11-20-10-4-5-13-22(20)23/h1-17H,18H2. The van der Waals surface area contributed by atoms with Crippen LogP contribution in [0.3, 0.4) is 0 Å². The van der Waals surface area contributed by atoms with Gasteiger partial charge in [0.15, 0.2) is 0 Å². The minimum atomic E-state index is -0.423. The van der Waals surface area contributed by atoms with Gasteiger partial charge in [-0.15, -0.1) is 0 Å². The Morgan fingerprint density at radius 3 is 2.23 bits per heavy atom. The van der Waals surface area contributed by atoms with Gasteiger partial charge in [-0.2, -0.15) is 0 Å². The van der Waals surface area contributed by atoms with Crippen molar-refractivity contribution in [2.45, 2.75) is 6.61 Å². The summed E-state index contributed by atoms with van der Waals surface area (Å²) in [5.41, 5.74) is 4.15. The Hall–Kier alpha value is -3.98. The van der Waals surface area contributed by atoms with Gasteiger partial charge in [0.2, 0.25) is 0 Å². The molecule has 144 valence electrons. The monoisotopic (exact) mass is 389 g/mol. The molecule has 3 nitrogen and oxygen atoms in total. The number of pyridine rings is 1. The third kappa shape index (κ3) is 3.42. The van der Waals surface area contributed by atoms with Gasteiger partial charge in [-0.3, -0.25) is 0 Å². The van der Waals surface area contributed by atoms with Crippen molar-refractivity contribution < 1.29 is 9.53 Å². The van der Waals surface area contributed by atoms with Crippen LogP contribution in [0.2, 0.25) is 0 Å². The average Bonchev–Trinajstić information content (AvgIpc) is 2.82. The highest BCUT2D eigenvalue weighted by Crippen LogP contribution is 2.33. The number of esters is 1. The summed E-state index contributed by atoms with van der Waals surface area (Å²) in [6.45, 7) is 0.227. The molecule has 0 saturated carbocycles. The zero-order chi connectivity index (χ0) is 20.3. The van der Waals surface area contributed by atoms with Crippen molar-refractivity contribution in [3.05, 3.63) is 114 Å². The van der Waals surface area contributed by atoms with E-state index in [4.69, 9.17) is 9.72 Å². The number of hydrogen-bond acceptors (Lipinski definition) is 3. The second kappa shape index (κ2) is 7.80. The first kappa shape index (κ1) is 18.1. The highest BCUT2D eigenvalue weighted by atomic mass is 16.5. The Morgan fingerprint density at radius 2 is 1.37 bits per heavy atom. The number of rotatable bonds is 4. The van der Waals surface area contributed by atoms with Crippen LogP contribution in [-0.2, 0) is 11.3 Å². The van der Waals surface area contributed by atoms with E-state index >= 15 is 0 Å². The van der Waals surface area contributed by atoms with E-state index in [1.165, 1.54) is 5.39 Å². The van der Waals surface area contributed by atoms with Crippen LogP contribution >= 0.6 is 0 Å². The van der Waals surface area contributed by atoms with E-state index in [2.05, 4.69) is 36.4 Å². The molecule has 0 atom stereocenters. The Bertz CT molecular complexity index is 1350. The summed E-state index contributed by atoms with van der Waals surface area (Å²) >= 11 is 0. The summed E-state index contributed by atoms with van der Waals surface area (Å²) in [7, 11) is 0. The molecule has 0 bridgehead atoms. The minimum absolute atomic E-state index is 0.227. The molecule has 1 heterocycles. The molecular weight excluding hydrogens is 370 g/mol. The normalized spacial score (nSPS) is 10.9. The molecule has 30 heavy (non-hydrogen) atoms. The van der Waals surface area contributed by atoms with Crippen LogP contribution in [0.15, 0.2) is 103 Å². The minimum Gasteiger partial charge on any atom is -0.456 e. The van der Waals surface area contributed by atoms with Crippen LogP contribution in [0.25, 0.3) is 32.8 Å². The van der Waals surface area contributed by atoms with Crippen LogP contribution in [0, 0.1) is 0 Å². The molecule has 0 spiro atoms. The molecule has 4 aromatic carbocycles. The maximum atomic E-state index is 12.6. The molecule has 0 amide bonds. The molecule has 0 N–H and O–H groups in total. The fourth-order valence-electron chi connectivity index (χ4n) is 3.74. The summed E-state index contributed by atoms with van der Waals surface area (Å²) in [4.78, 5) is 17.3. The smallest absolute Gasteiger partial charge is 0.357 e. The fourth-order valence-corrected chi connectivity index (χ4v) is 3.74. The Kier molecular flexibility index (Phi) is 4.70. The van der Waals surface area contributed by atoms with Gasteiger partial charge in [-0.1, -0.05) is 97.1 Å². The van der Waals surface area contributed by atoms with Crippen LogP contribution in [0.5, 0.6) is 0 Å². The lowest BCUT2D eigenvalue weighted by atomic mass is 9.96. The summed E-state index contributed by atoms with van der Waals surface area (Å²) in [6, 6.07) is 33.9. The summed E-state index contributed by atoms with van der Waals surface area (Å²) in [6.07, 6.45) is 0. The van der Waals surface area contributed by atoms with Crippen LogP contribution in [-0.4, -0.2) is 11.0 Å². The van der Waals surface area contributed by atoms with Crippen LogP contribution < -0.4 is 0 Å².